The first-order valence-electron chi connectivity index (χ1n) is 4.05. The summed E-state index contributed by atoms with van der Waals surface area (Å²) in [6.45, 7) is 4.29. The van der Waals surface area contributed by atoms with E-state index in [1.54, 1.807) is 6.20 Å². The number of H-pyrrole nitrogens is 1. The lowest BCUT2D eigenvalue weighted by molar-refractivity contribution is 0.430. The average Bonchev–Trinajstić information content (AvgIpc) is 2.51. The van der Waals surface area contributed by atoms with E-state index in [1.165, 1.54) is 0 Å². The van der Waals surface area contributed by atoms with Gasteiger partial charge in [-0.1, -0.05) is 13.8 Å². The molecule has 0 aliphatic carbocycles. The predicted octanol–water partition coefficient (Wildman–Crippen LogP) is 0.355. The Labute approximate surface area is 71.7 Å². The van der Waals surface area contributed by atoms with Crippen LogP contribution >= 0.6 is 0 Å². The summed E-state index contributed by atoms with van der Waals surface area (Å²) in [6.07, 6.45) is 2.65. The topological polar surface area (TPSA) is 79.6 Å². The van der Waals surface area contributed by atoms with Gasteiger partial charge in [-0.25, -0.2) is 0 Å². The zero-order valence-electron chi connectivity index (χ0n) is 7.41. The van der Waals surface area contributed by atoms with Crippen molar-refractivity contribution in [2.45, 2.75) is 26.3 Å². The minimum atomic E-state index is 0.101. The SMILES string of the molecule is CC(C)CC(NN)c1cn[nH]n1. The van der Waals surface area contributed by atoms with Crippen LogP contribution in [0.3, 0.4) is 0 Å². The molecule has 0 fully saturated rings. The van der Waals surface area contributed by atoms with Gasteiger partial charge in [0.15, 0.2) is 0 Å². The van der Waals surface area contributed by atoms with Crippen LogP contribution in [0.4, 0.5) is 0 Å². The van der Waals surface area contributed by atoms with Gasteiger partial charge in [-0.05, 0) is 12.3 Å². The molecular formula is C7H15N5. The lowest BCUT2D eigenvalue weighted by Gasteiger charge is -2.14. The number of hydrogen-bond acceptors (Lipinski definition) is 4. The summed E-state index contributed by atoms with van der Waals surface area (Å²) >= 11 is 0. The maximum Gasteiger partial charge on any atom is 0.101 e. The Balaban J connectivity index is 2.57. The van der Waals surface area contributed by atoms with Crippen molar-refractivity contribution in [2.75, 3.05) is 0 Å². The van der Waals surface area contributed by atoms with E-state index in [1.807, 2.05) is 0 Å². The average molecular weight is 169 g/mol. The Morgan fingerprint density at radius 3 is 2.83 bits per heavy atom. The number of aromatic nitrogens is 3. The van der Waals surface area contributed by atoms with Crippen molar-refractivity contribution < 1.29 is 0 Å². The molecule has 12 heavy (non-hydrogen) atoms. The zero-order valence-corrected chi connectivity index (χ0v) is 7.41. The normalized spacial score (nSPS) is 13.7. The summed E-state index contributed by atoms with van der Waals surface area (Å²) in [7, 11) is 0. The first-order valence-corrected chi connectivity index (χ1v) is 4.05. The van der Waals surface area contributed by atoms with Crippen molar-refractivity contribution in [3.05, 3.63) is 11.9 Å². The second-order valence-electron chi connectivity index (χ2n) is 3.24. The van der Waals surface area contributed by atoms with E-state index in [4.69, 9.17) is 5.84 Å². The van der Waals surface area contributed by atoms with Gasteiger partial charge in [0, 0.05) is 0 Å². The summed E-state index contributed by atoms with van der Waals surface area (Å²) in [5.41, 5.74) is 3.58. The minimum Gasteiger partial charge on any atom is -0.271 e. The van der Waals surface area contributed by atoms with Crippen LogP contribution in [0.25, 0.3) is 0 Å². The van der Waals surface area contributed by atoms with Crippen LogP contribution in [0.1, 0.15) is 32.0 Å². The summed E-state index contributed by atoms with van der Waals surface area (Å²) in [4.78, 5) is 0. The van der Waals surface area contributed by atoms with E-state index in [9.17, 15) is 0 Å². The molecule has 5 nitrogen and oxygen atoms in total. The highest BCUT2D eigenvalue weighted by Gasteiger charge is 2.13. The molecule has 68 valence electrons. The number of rotatable bonds is 4. The number of nitrogens with two attached hydrogens (primary N) is 1. The van der Waals surface area contributed by atoms with E-state index < -0.39 is 0 Å². The fraction of sp³-hybridized carbons (Fsp3) is 0.714. The van der Waals surface area contributed by atoms with Gasteiger partial charge in [0.2, 0.25) is 0 Å². The fourth-order valence-electron chi connectivity index (χ4n) is 1.12. The van der Waals surface area contributed by atoms with Gasteiger partial charge in [0.1, 0.15) is 5.69 Å². The Bertz CT molecular complexity index is 206. The molecule has 1 aromatic rings. The van der Waals surface area contributed by atoms with Crippen LogP contribution in [0.2, 0.25) is 0 Å². The molecule has 1 heterocycles. The second kappa shape index (κ2) is 4.18. The Morgan fingerprint density at radius 1 is 1.67 bits per heavy atom. The number of hydrazine groups is 1. The molecule has 1 atom stereocenters. The molecular weight excluding hydrogens is 154 g/mol. The van der Waals surface area contributed by atoms with E-state index in [0.717, 1.165) is 12.1 Å². The molecule has 0 aliphatic rings. The summed E-state index contributed by atoms with van der Waals surface area (Å²) in [5, 5.41) is 10.3. The molecule has 4 N–H and O–H groups in total. The molecule has 0 saturated carbocycles. The van der Waals surface area contributed by atoms with Crippen LogP contribution in [-0.2, 0) is 0 Å². The third-order valence-electron chi connectivity index (χ3n) is 1.70. The fourth-order valence-corrected chi connectivity index (χ4v) is 1.12. The molecule has 0 bridgehead atoms. The molecule has 0 amide bonds. The lowest BCUT2D eigenvalue weighted by Crippen LogP contribution is -2.29. The van der Waals surface area contributed by atoms with Crippen molar-refractivity contribution in [2.24, 2.45) is 11.8 Å². The minimum absolute atomic E-state index is 0.101. The van der Waals surface area contributed by atoms with Crippen molar-refractivity contribution in [1.29, 1.82) is 0 Å². The Morgan fingerprint density at radius 2 is 2.42 bits per heavy atom. The molecule has 1 unspecified atom stereocenters. The molecule has 0 aromatic carbocycles. The van der Waals surface area contributed by atoms with E-state index in [-0.39, 0.29) is 6.04 Å². The summed E-state index contributed by atoms with van der Waals surface area (Å²) in [6, 6.07) is 0.101. The monoisotopic (exact) mass is 169 g/mol. The third-order valence-corrected chi connectivity index (χ3v) is 1.70. The molecule has 0 aliphatic heterocycles. The van der Waals surface area contributed by atoms with Gasteiger partial charge in [0.05, 0.1) is 12.2 Å². The first kappa shape index (κ1) is 9.15. The molecule has 0 radical (unpaired) electrons. The highest BCUT2D eigenvalue weighted by molar-refractivity contribution is 4.98. The third kappa shape index (κ3) is 2.28. The number of nitrogens with zero attached hydrogens (tertiary/aromatic N) is 2. The second-order valence-corrected chi connectivity index (χ2v) is 3.24. The Kier molecular flexibility index (Phi) is 3.19. The molecule has 0 saturated heterocycles. The van der Waals surface area contributed by atoms with Crippen LogP contribution in [-0.4, -0.2) is 15.4 Å². The van der Waals surface area contributed by atoms with Crippen LogP contribution < -0.4 is 11.3 Å². The molecule has 1 rings (SSSR count). The predicted molar refractivity (Wildman–Crippen MR) is 45.9 cm³/mol. The number of hydrogen-bond donors (Lipinski definition) is 3. The van der Waals surface area contributed by atoms with Crippen LogP contribution in [0.5, 0.6) is 0 Å². The van der Waals surface area contributed by atoms with Gasteiger partial charge in [0.25, 0.3) is 0 Å². The first-order chi connectivity index (χ1) is 5.74. The van der Waals surface area contributed by atoms with Crippen LogP contribution in [0, 0.1) is 5.92 Å². The van der Waals surface area contributed by atoms with Gasteiger partial charge >= 0.3 is 0 Å². The molecule has 5 heteroatoms. The van der Waals surface area contributed by atoms with Gasteiger partial charge < -0.3 is 0 Å². The molecule has 0 spiro atoms. The Hall–Kier alpha value is -0.940. The van der Waals surface area contributed by atoms with Crippen molar-refractivity contribution in [1.82, 2.24) is 20.8 Å². The lowest BCUT2D eigenvalue weighted by atomic mass is 10.0. The maximum absolute atomic E-state index is 5.38. The van der Waals surface area contributed by atoms with Crippen molar-refractivity contribution in [3.8, 4) is 0 Å². The van der Waals surface area contributed by atoms with Crippen LogP contribution in [0.15, 0.2) is 6.20 Å². The van der Waals surface area contributed by atoms with E-state index >= 15 is 0 Å². The van der Waals surface area contributed by atoms with E-state index in [0.29, 0.717) is 5.92 Å². The molecule has 1 aromatic heterocycles. The van der Waals surface area contributed by atoms with Gasteiger partial charge in [-0.15, -0.1) is 0 Å². The highest BCUT2D eigenvalue weighted by atomic mass is 15.3. The zero-order chi connectivity index (χ0) is 8.97. The maximum atomic E-state index is 5.38. The van der Waals surface area contributed by atoms with Crippen molar-refractivity contribution >= 4 is 0 Å². The van der Waals surface area contributed by atoms with E-state index in [2.05, 4.69) is 34.7 Å². The highest BCUT2D eigenvalue weighted by Crippen LogP contribution is 2.16. The largest absolute Gasteiger partial charge is 0.271 e. The summed E-state index contributed by atoms with van der Waals surface area (Å²) < 4.78 is 0. The van der Waals surface area contributed by atoms with Crippen molar-refractivity contribution in [3.63, 3.8) is 0 Å². The number of nitrogens with one attached hydrogen (secondary N) is 2. The summed E-state index contributed by atoms with van der Waals surface area (Å²) in [5.74, 6) is 5.97. The smallest absolute Gasteiger partial charge is 0.101 e. The van der Waals surface area contributed by atoms with Gasteiger partial charge in [-0.3, -0.25) is 11.3 Å². The number of aromatic amines is 1. The van der Waals surface area contributed by atoms with Gasteiger partial charge in [-0.2, -0.15) is 15.4 Å². The standard InChI is InChI=1S/C7H15N5/c1-5(2)3-6(10-8)7-4-9-12-11-7/h4-6,10H,3,8H2,1-2H3,(H,9,11,12). The quantitative estimate of drug-likeness (QED) is 0.449.